The molecule has 1 fully saturated rings. The summed E-state index contributed by atoms with van der Waals surface area (Å²) in [5.74, 6) is 2.86. The monoisotopic (exact) mass is 134 g/mol. The van der Waals surface area contributed by atoms with E-state index in [1.165, 1.54) is 6.42 Å². The van der Waals surface area contributed by atoms with Crippen molar-refractivity contribution in [3.63, 3.8) is 0 Å². The summed E-state index contributed by atoms with van der Waals surface area (Å²) >= 11 is 0. The maximum Gasteiger partial charge on any atom is -0.0169 e. The molecule has 3 atom stereocenters. The second-order valence-corrected chi connectivity index (χ2v) is 3.47. The van der Waals surface area contributed by atoms with Gasteiger partial charge in [-0.05, 0) is 30.6 Å². The molecule has 0 spiro atoms. The molecule has 0 aromatic heterocycles. The molecule has 0 saturated heterocycles. The molecule has 0 aromatic rings. The van der Waals surface area contributed by atoms with E-state index in [-0.39, 0.29) is 0 Å². The molecule has 0 heterocycles. The highest BCUT2D eigenvalue weighted by molar-refractivity contribution is 5.12. The third-order valence-corrected chi connectivity index (χ3v) is 2.84. The fourth-order valence-corrected chi connectivity index (χ4v) is 1.93. The van der Waals surface area contributed by atoms with Gasteiger partial charge in [0.25, 0.3) is 0 Å². The lowest BCUT2D eigenvalue weighted by Crippen LogP contribution is -1.78. The number of hydrogen-bond acceptors (Lipinski definition) is 0. The predicted molar refractivity (Wildman–Crippen MR) is 43.7 cm³/mol. The van der Waals surface area contributed by atoms with Crippen molar-refractivity contribution in [1.82, 2.24) is 0 Å². The summed E-state index contributed by atoms with van der Waals surface area (Å²) in [7, 11) is 0. The van der Waals surface area contributed by atoms with Crippen molar-refractivity contribution in [1.29, 1.82) is 0 Å². The van der Waals surface area contributed by atoms with Crippen molar-refractivity contribution in [2.75, 3.05) is 0 Å². The molecule has 1 saturated carbocycles. The average Bonchev–Trinajstić information content (AvgIpc) is 2.39. The van der Waals surface area contributed by atoms with Crippen molar-refractivity contribution in [3.05, 3.63) is 24.3 Å². The summed E-state index contributed by atoms with van der Waals surface area (Å²) in [6.07, 6.45) is 11.8. The van der Waals surface area contributed by atoms with Gasteiger partial charge in [0.1, 0.15) is 0 Å². The number of rotatable bonds is 0. The van der Waals surface area contributed by atoms with Crippen molar-refractivity contribution in [2.45, 2.75) is 19.8 Å². The van der Waals surface area contributed by atoms with E-state index in [4.69, 9.17) is 0 Å². The third kappa shape index (κ3) is 0.920. The first kappa shape index (κ1) is 6.21. The van der Waals surface area contributed by atoms with Gasteiger partial charge in [-0.25, -0.2) is 0 Å². The van der Waals surface area contributed by atoms with E-state index in [1.54, 1.807) is 0 Å². The molecule has 0 radical (unpaired) electrons. The van der Waals surface area contributed by atoms with Crippen LogP contribution < -0.4 is 0 Å². The summed E-state index contributed by atoms with van der Waals surface area (Å²) in [5.41, 5.74) is 0. The van der Waals surface area contributed by atoms with E-state index in [2.05, 4.69) is 31.2 Å². The van der Waals surface area contributed by atoms with Crippen LogP contribution in [0.4, 0.5) is 0 Å². The van der Waals surface area contributed by atoms with E-state index in [0.717, 1.165) is 24.2 Å². The van der Waals surface area contributed by atoms with Crippen LogP contribution in [0.25, 0.3) is 0 Å². The molecule has 0 amide bonds. The first-order chi connectivity index (χ1) is 4.89. The Balaban J connectivity index is 2.07. The quantitative estimate of drug-likeness (QED) is 0.447. The second-order valence-electron chi connectivity index (χ2n) is 3.47. The normalized spacial score (nSPS) is 50.3. The van der Waals surface area contributed by atoms with Crippen LogP contribution in [-0.4, -0.2) is 0 Å². The summed E-state index contributed by atoms with van der Waals surface area (Å²) in [5, 5.41) is 0. The highest BCUT2D eigenvalue weighted by Crippen LogP contribution is 2.49. The van der Waals surface area contributed by atoms with Gasteiger partial charge in [-0.15, -0.1) is 0 Å². The molecule has 0 nitrogen and oxygen atoms in total. The van der Waals surface area contributed by atoms with Gasteiger partial charge in [-0.1, -0.05) is 31.2 Å². The van der Waals surface area contributed by atoms with Crippen LogP contribution in [0, 0.1) is 17.8 Å². The summed E-state index contributed by atoms with van der Waals surface area (Å²) in [4.78, 5) is 0. The Hall–Kier alpha value is -0.520. The third-order valence-electron chi connectivity index (χ3n) is 2.84. The predicted octanol–water partition coefficient (Wildman–Crippen LogP) is 2.77. The maximum atomic E-state index is 2.40. The molecule has 0 heteroatoms. The molecule has 3 unspecified atom stereocenters. The van der Waals surface area contributed by atoms with Crippen molar-refractivity contribution in [2.24, 2.45) is 17.8 Å². The van der Waals surface area contributed by atoms with E-state index >= 15 is 0 Å². The molecule has 2 aliphatic rings. The Labute approximate surface area is 62.6 Å². The summed E-state index contributed by atoms with van der Waals surface area (Å²) in [6.45, 7) is 2.36. The van der Waals surface area contributed by atoms with Crippen molar-refractivity contribution >= 4 is 0 Å². The van der Waals surface area contributed by atoms with E-state index in [0.29, 0.717) is 0 Å². The number of allylic oxidation sites excluding steroid dienone is 4. The molecule has 0 aliphatic heterocycles. The molecule has 10 heavy (non-hydrogen) atoms. The smallest absolute Gasteiger partial charge is 0.0169 e. The van der Waals surface area contributed by atoms with Gasteiger partial charge in [0.05, 0.1) is 0 Å². The Kier molecular flexibility index (Phi) is 1.40. The minimum atomic E-state index is 0.921. The molecule has 0 bridgehead atoms. The van der Waals surface area contributed by atoms with Crippen molar-refractivity contribution in [3.8, 4) is 0 Å². The molecule has 0 N–H and O–H groups in total. The van der Waals surface area contributed by atoms with Crippen LogP contribution in [0.3, 0.4) is 0 Å². The topological polar surface area (TPSA) is 0 Å². The largest absolute Gasteiger partial charge is 0.0879 e. The van der Waals surface area contributed by atoms with Gasteiger partial charge >= 0.3 is 0 Å². The molecule has 0 aromatic carbocycles. The minimum absolute atomic E-state index is 0.921. The summed E-state index contributed by atoms with van der Waals surface area (Å²) < 4.78 is 0. The molecule has 2 rings (SSSR count). The van der Waals surface area contributed by atoms with Crippen LogP contribution in [-0.2, 0) is 0 Å². The Morgan fingerprint density at radius 2 is 2.10 bits per heavy atom. The van der Waals surface area contributed by atoms with Gasteiger partial charge in [-0.3, -0.25) is 0 Å². The summed E-state index contributed by atoms with van der Waals surface area (Å²) in [6, 6.07) is 0. The zero-order valence-corrected chi connectivity index (χ0v) is 6.46. The first-order valence-electron chi connectivity index (χ1n) is 4.21. The van der Waals surface area contributed by atoms with Gasteiger partial charge in [0, 0.05) is 0 Å². The van der Waals surface area contributed by atoms with Crippen LogP contribution in [0.5, 0.6) is 0 Å². The molecule has 2 aliphatic carbocycles. The van der Waals surface area contributed by atoms with E-state index in [1.807, 2.05) is 0 Å². The number of hydrogen-bond donors (Lipinski definition) is 0. The zero-order chi connectivity index (χ0) is 6.97. The molecule has 54 valence electrons. The minimum Gasteiger partial charge on any atom is -0.0879 e. The highest BCUT2D eigenvalue weighted by Gasteiger charge is 2.43. The van der Waals surface area contributed by atoms with Gasteiger partial charge in [0.15, 0.2) is 0 Å². The standard InChI is InChI=1S/C10H14/c1-8-9-6-4-2-3-5-7-10(8)9/h2,4-5,7-10H,3,6H2,1H3/b4-2-,7-5-. The lowest BCUT2D eigenvalue weighted by atomic mass is 10.1. The Morgan fingerprint density at radius 3 is 3.00 bits per heavy atom. The second kappa shape index (κ2) is 2.26. The van der Waals surface area contributed by atoms with Gasteiger partial charge in [0.2, 0.25) is 0 Å². The Bertz CT molecular complexity index is 176. The van der Waals surface area contributed by atoms with Crippen LogP contribution in [0.2, 0.25) is 0 Å². The zero-order valence-electron chi connectivity index (χ0n) is 6.46. The highest BCUT2D eigenvalue weighted by atomic mass is 14.5. The van der Waals surface area contributed by atoms with Crippen LogP contribution >= 0.6 is 0 Å². The van der Waals surface area contributed by atoms with E-state index in [9.17, 15) is 0 Å². The first-order valence-corrected chi connectivity index (χ1v) is 4.21. The fourth-order valence-electron chi connectivity index (χ4n) is 1.93. The van der Waals surface area contributed by atoms with Crippen LogP contribution in [0.15, 0.2) is 24.3 Å². The lowest BCUT2D eigenvalue weighted by Gasteiger charge is -1.92. The molecular formula is C10H14. The molecular weight excluding hydrogens is 120 g/mol. The van der Waals surface area contributed by atoms with Crippen LogP contribution in [0.1, 0.15) is 19.8 Å². The fraction of sp³-hybridized carbons (Fsp3) is 0.600. The Morgan fingerprint density at radius 1 is 1.20 bits per heavy atom. The van der Waals surface area contributed by atoms with Gasteiger partial charge in [-0.2, -0.15) is 0 Å². The maximum absolute atomic E-state index is 2.40. The van der Waals surface area contributed by atoms with E-state index < -0.39 is 0 Å². The lowest BCUT2D eigenvalue weighted by molar-refractivity contribution is 0.758. The van der Waals surface area contributed by atoms with Gasteiger partial charge < -0.3 is 0 Å². The SMILES string of the molecule is CC1C2/C=C\C/C=C\CC12. The average molecular weight is 134 g/mol. The number of fused-ring (bicyclic) bond motifs is 1. The van der Waals surface area contributed by atoms with Crippen molar-refractivity contribution < 1.29 is 0 Å².